The van der Waals surface area contributed by atoms with Crippen LogP contribution in [0.15, 0.2) is 29.2 Å². The van der Waals surface area contributed by atoms with E-state index in [0.29, 0.717) is 16.7 Å². The maximum atomic E-state index is 12.9. The van der Waals surface area contributed by atoms with Gasteiger partial charge in [-0.2, -0.15) is 4.31 Å². The second-order valence-corrected chi connectivity index (χ2v) is 9.08. The molecule has 4 nitrogen and oxygen atoms in total. The average Bonchev–Trinajstić information content (AvgIpc) is 3.30. The zero-order valence-electron chi connectivity index (χ0n) is 13.2. The lowest BCUT2D eigenvalue weighted by Crippen LogP contribution is -2.67. The second-order valence-electron chi connectivity index (χ2n) is 7.08. The van der Waals surface area contributed by atoms with Crippen LogP contribution in [0.2, 0.25) is 0 Å². The monoisotopic (exact) mass is 321 g/mol. The number of hydrogen-bond acceptors (Lipinski definition) is 3. The number of hydrogen-bond donors (Lipinski definition) is 0. The van der Waals surface area contributed by atoms with Crippen molar-refractivity contribution in [2.75, 3.05) is 13.7 Å². The quantitative estimate of drug-likeness (QED) is 0.804. The number of benzene rings is 1. The Morgan fingerprint density at radius 3 is 2.45 bits per heavy atom. The number of ether oxygens (including phenoxy) is 1. The van der Waals surface area contributed by atoms with Gasteiger partial charge in [0.05, 0.1) is 17.5 Å². The number of likely N-dealkylation sites (N-methyl/N-ethyl adjacent to an activating group) is 1. The van der Waals surface area contributed by atoms with E-state index in [1.165, 1.54) is 19.3 Å². The number of fused-ring (bicyclic) bond motifs is 2. The van der Waals surface area contributed by atoms with Crippen LogP contribution in [0, 0.1) is 18.8 Å². The highest BCUT2D eigenvalue weighted by Gasteiger charge is 2.72. The van der Waals surface area contributed by atoms with Gasteiger partial charge in [0.2, 0.25) is 10.0 Å². The maximum absolute atomic E-state index is 12.9. The van der Waals surface area contributed by atoms with E-state index >= 15 is 0 Å². The predicted octanol–water partition coefficient (Wildman–Crippen LogP) is 2.57. The summed E-state index contributed by atoms with van der Waals surface area (Å²) in [7, 11) is -1.71. The van der Waals surface area contributed by atoms with Crippen LogP contribution < -0.4 is 0 Å². The van der Waals surface area contributed by atoms with Crippen LogP contribution in [-0.4, -0.2) is 38.0 Å². The molecule has 2 aliphatic carbocycles. The highest BCUT2D eigenvalue weighted by Crippen LogP contribution is 2.62. The Hall–Kier alpha value is -0.910. The molecule has 22 heavy (non-hydrogen) atoms. The molecule has 0 amide bonds. The zero-order chi connectivity index (χ0) is 15.5. The van der Waals surface area contributed by atoms with Crippen LogP contribution >= 0.6 is 0 Å². The molecule has 120 valence electrons. The first-order valence-corrected chi connectivity index (χ1v) is 9.59. The molecule has 1 heterocycles. The molecule has 1 saturated heterocycles. The zero-order valence-corrected chi connectivity index (χ0v) is 14.0. The SMILES string of the molecule is Cc1ccc(S(=O)(=O)N(C)[C@@H]2[C@@H]3CCCC[C@@H]3[C@@]23CO3)cc1. The molecule has 4 rings (SSSR count). The van der Waals surface area contributed by atoms with Gasteiger partial charge < -0.3 is 4.74 Å². The topological polar surface area (TPSA) is 49.9 Å². The van der Waals surface area contributed by atoms with Gasteiger partial charge in [-0.1, -0.05) is 30.5 Å². The van der Waals surface area contributed by atoms with Crippen LogP contribution in [0.4, 0.5) is 0 Å². The fraction of sp³-hybridized carbons (Fsp3) is 0.647. The van der Waals surface area contributed by atoms with Crippen molar-refractivity contribution in [1.82, 2.24) is 4.31 Å². The van der Waals surface area contributed by atoms with E-state index in [1.54, 1.807) is 23.5 Å². The van der Waals surface area contributed by atoms with Crippen LogP contribution in [0.25, 0.3) is 0 Å². The summed E-state index contributed by atoms with van der Waals surface area (Å²) in [6.07, 6.45) is 4.80. The largest absolute Gasteiger partial charge is 0.368 e. The minimum Gasteiger partial charge on any atom is -0.368 e. The molecular formula is C17H23NO3S. The summed E-state index contributed by atoms with van der Waals surface area (Å²) >= 11 is 0. The molecule has 1 aliphatic heterocycles. The molecule has 0 aromatic heterocycles. The molecule has 4 atom stereocenters. The molecule has 0 radical (unpaired) electrons. The van der Waals surface area contributed by atoms with E-state index in [4.69, 9.17) is 4.74 Å². The molecule has 1 spiro atoms. The van der Waals surface area contributed by atoms with Crippen LogP contribution in [0.3, 0.4) is 0 Å². The maximum Gasteiger partial charge on any atom is 0.243 e. The van der Waals surface area contributed by atoms with E-state index in [-0.39, 0.29) is 11.6 Å². The third kappa shape index (κ3) is 1.92. The van der Waals surface area contributed by atoms with Crippen LogP contribution in [-0.2, 0) is 14.8 Å². The molecule has 1 aromatic rings. The molecule has 5 heteroatoms. The first kappa shape index (κ1) is 14.7. The number of sulfonamides is 1. The first-order valence-electron chi connectivity index (χ1n) is 8.15. The molecular weight excluding hydrogens is 298 g/mol. The van der Waals surface area contributed by atoms with E-state index in [9.17, 15) is 8.42 Å². The minimum atomic E-state index is -3.44. The molecule has 1 aromatic carbocycles. The van der Waals surface area contributed by atoms with Crippen molar-refractivity contribution in [2.45, 2.75) is 49.1 Å². The van der Waals surface area contributed by atoms with Gasteiger partial charge in [0, 0.05) is 7.05 Å². The van der Waals surface area contributed by atoms with Crippen molar-refractivity contribution in [3.63, 3.8) is 0 Å². The average molecular weight is 321 g/mol. The fourth-order valence-electron chi connectivity index (χ4n) is 4.68. The van der Waals surface area contributed by atoms with Gasteiger partial charge in [0.1, 0.15) is 5.60 Å². The van der Waals surface area contributed by atoms with Gasteiger partial charge >= 0.3 is 0 Å². The third-order valence-corrected chi connectivity index (χ3v) is 7.77. The van der Waals surface area contributed by atoms with Gasteiger partial charge in [-0.05, 0) is 43.7 Å². The Kier molecular flexibility index (Phi) is 3.19. The lowest BCUT2D eigenvalue weighted by molar-refractivity contribution is -0.0730. The summed E-state index contributed by atoms with van der Waals surface area (Å²) in [5, 5.41) is 0. The molecule has 2 saturated carbocycles. The highest BCUT2D eigenvalue weighted by atomic mass is 32.2. The normalized spacial score (nSPS) is 37.0. The van der Waals surface area contributed by atoms with E-state index < -0.39 is 10.0 Å². The van der Waals surface area contributed by atoms with E-state index in [1.807, 2.05) is 19.1 Å². The third-order valence-electron chi connectivity index (χ3n) is 5.92. The predicted molar refractivity (Wildman–Crippen MR) is 84.0 cm³/mol. The lowest BCUT2D eigenvalue weighted by Gasteiger charge is -2.55. The summed E-state index contributed by atoms with van der Waals surface area (Å²) in [6.45, 7) is 2.69. The molecule has 0 unspecified atom stereocenters. The lowest BCUT2D eigenvalue weighted by atomic mass is 9.55. The first-order chi connectivity index (χ1) is 10.5. The minimum absolute atomic E-state index is 0.0177. The van der Waals surface area contributed by atoms with Gasteiger partial charge in [0.15, 0.2) is 0 Å². The number of aryl methyl sites for hydroxylation is 1. The van der Waals surface area contributed by atoms with Crippen LogP contribution in [0.1, 0.15) is 31.2 Å². The number of rotatable bonds is 3. The van der Waals surface area contributed by atoms with Gasteiger partial charge in [0.25, 0.3) is 0 Å². The Morgan fingerprint density at radius 2 is 1.82 bits per heavy atom. The van der Waals surface area contributed by atoms with Crippen molar-refractivity contribution in [3.8, 4) is 0 Å². The van der Waals surface area contributed by atoms with Crippen molar-refractivity contribution in [1.29, 1.82) is 0 Å². The van der Waals surface area contributed by atoms with Crippen molar-refractivity contribution < 1.29 is 13.2 Å². The van der Waals surface area contributed by atoms with E-state index in [2.05, 4.69) is 0 Å². The number of epoxide rings is 1. The molecule has 3 fully saturated rings. The summed E-state index contributed by atoms with van der Waals surface area (Å²) in [4.78, 5) is 0.385. The van der Waals surface area contributed by atoms with Crippen molar-refractivity contribution >= 4 is 10.0 Å². The summed E-state index contributed by atoms with van der Waals surface area (Å²) in [5.41, 5.74) is 0.900. The second kappa shape index (κ2) is 4.79. The van der Waals surface area contributed by atoms with Gasteiger partial charge in [-0.15, -0.1) is 0 Å². The van der Waals surface area contributed by atoms with Gasteiger partial charge in [-0.25, -0.2) is 8.42 Å². The molecule has 3 aliphatic rings. The Labute approximate surface area is 132 Å². The summed E-state index contributed by atoms with van der Waals surface area (Å²) in [5.74, 6) is 1.04. The Bertz CT molecular complexity index is 678. The standard InChI is InChI=1S/C17H23NO3S/c1-12-7-9-13(10-8-12)22(19,20)18(2)16-14-5-3-4-6-15(14)17(16)11-21-17/h7-10,14-16H,3-6,11H2,1-2H3/t14-,15+,16-,17+/m1/s1. The van der Waals surface area contributed by atoms with Crippen molar-refractivity contribution in [2.24, 2.45) is 11.8 Å². The number of nitrogens with zero attached hydrogens (tertiary/aromatic N) is 1. The summed E-state index contributed by atoms with van der Waals surface area (Å²) < 4.78 is 33.2. The van der Waals surface area contributed by atoms with Crippen LogP contribution in [0.5, 0.6) is 0 Å². The van der Waals surface area contributed by atoms with Gasteiger partial charge in [-0.3, -0.25) is 0 Å². The summed E-state index contributed by atoms with van der Waals surface area (Å²) in [6, 6.07) is 7.14. The highest BCUT2D eigenvalue weighted by molar-refractivity contribution is 7.89. The Morgan fingerprint density at radius 1 is 1.18 bits per heavy atom. The van der Waals surface area contributed by atoms with Crippen molar-refractivity contribution in [3.05, 3.63) is 29.8 Å². The Balaban J connectivity index is 1.63. The smallest absolute Gasteiger partial charge is 0.243 e. The van der Waals surface area contributed by atoms with E-state index in [0.717, 1.165) is 18.6 Å². The fourth-order valence-corrected chi connectivity index (χ4v) is 6.13. The molecule has 0 bridgehead atoms. The molecule has 0 N–H and O–H groups in total.